The van der Waals surface area contributed by atoms with Crippen molar-refractivity contribution in [2.75, 3.05) is 165 Å². The van der Waals surface area contributed by atoms with E-state index in [1.807, 2.05) is 18.2 Å². The van der Waals surface area contributed by atoms with Crippen molar-refractivity contribution >= 4 is 5.97 Å². The molecular formula is C43H78O16. The van der Waals surface area contributed by atoms with Crippen LogP contribution in [0, 0.1) is 0 Å². The third-order valence-corrected chi connectivity index (χ3v) is 8.16. The first-order valence-electron chi connectivity index (χ1n) is 21.6. The van der Waals surface area contributed by atoms with Crippen LogP contribution >= 0.6 is 0 Å². The van der Waals surface area contributed by atoms with Crippen molar-refractivity contribution in [3.05, 3.63) is 29.8 Å². The molecule has 16 heteroatoms. The van der Waals surface area contributed by atoms with E-state index in [9.17, 15) is 4.79 Å². The number of aliphatic hydroxyl groups is 1. The van der Waals surface area contributed by atoms with Gasteiger partial charge in [-0.15, -0.1) is 0 Å². The van der Waals surface area contributed by atoms with Crippen LogP contribution in [0.4, 0.5) is 0 Å². The van der Waals surface area contributed by atoms with Crippen LogP contribution in [0.25, 0.3) is 0 Å². The number of aryl methyl sites for hydroxylation is 1. The highest BCUT2D eigenvalue weighted by molar-refractivity contribution is 5.66. The van der Waals surface area contributed by atoms with Crippen LogP contribution < -0.4 is 4.74 Å². The molecule has 0 amide bonds. The number of ether oxygens (including phenoxy) is 14. The van der Waals surface area contributed by atoms with E-state index in [4.69, 9.17) is 71.4 Å². The summed E-state index contributed by atoms with van der Waals surface area (Å²) in [7, 11) is 0. The number of aliphatic hydroxyl groups excluding tert-OH is 1. The van der Waals surface area contributed by atoms with E-state index in [1.54, 1.807) is 0 Å². The summed E-state index contributed by atoms with van der Waals surface area (Å²) < 4.78 is 77.1. The molecule has 59 heavy (non-hydrogen) atoms. The molecule has 0 saturated carbocycles. The number of unbranched alkanes of at least 4 members (excludes halogenated alkanes) is 6. The molecule has 16 nitrogen and oxygen atoms in total. The average molecular weight is 851 g/mol. The van der Waals surface area contributed by atoms with Crippen molar-refractivity contribution in [1.29, 1.82) is 0 Å². The maximum Gasteiger partial charge on any atom is 0.305 e. The molecule has 0 spiro atoms. The van der Waals surface area contributed by atoms with E-state index in [1.165, 1.54) is 45.4 Å². The number of carbonyl (C=O) groups excluding carboxylic acids is 1. The second-order valence-corrected chi connectivity index (χ2v) is 13.2. The highest BCUT2D eigenvalue weighted by atomic mass is 16.7. The molecule has 1 atom stereocenters. The molecule has 0 aliphatic carbocycles. The van der Waals surface area contributed by atoms with Gasteiger partial charge in [-0.2, -0.15) is 0 Å². The summed E-state index contributed by atoms with van der Waals surface area (Å²) in [5.74, 6) is 0.294. The monoisotopic (exact) mass is 851 g/mol. The molecule has 0 saturated heterocycles. The second kappa shape index (κ2) is 45.5. The average Bonchev–Trinajstić information content (AvgIpc) is 3.23. The van der Waals surface area contributed by atoms with Gasteiger partial charge in [-0.25, -0.2) is 0 Å². The zero-order valence-electron chi connectivity index (χ0n) is 36.3. The Morgan fingerprint density at radius 1 is 0.475 bits per heavy atom. The number of esters is 1. The van der Waals surface area contributed by atoms with Gasteiger partial charge in [0.2, 0.25) is 0 Å². The largest absolute Gasteiger partial charge is 0.452 e. The van der Waals surface area contributed by atoms with Crippen LogP contribution in [-0.4, -0.2) is 183 Å². The summed E-state index contributed by atoms with van der Waals surface area (Å²) in [6, 6.07) is 7.90. The van der Waals surface area contributed by atoms with Gasteiger partial charge in [-0.1, -0.05) is 63.6 Å². The lowest BCUT2D eigenvalue weighted by Gasteiger charge is -2.20. The third-order valence-electron chi connectivity index (χ3n) is 8.16. The third kappa shape index (κ3) is 39.8. The Labute approximate surface area is 353 Å². The number of para-hydroxylation sites is 1. The lowest BCUT2D eigenvalue weighted by Crippen LogP contribution is -2.29. The maximum atomic E-state index is 11.7. The summed E-state index contributed by atoms with van der Waals surface area (Å²) >= 11 is 0. The van der Waals surface area contributed by atoms with Gasteiger partial charge in [0, 0.05) is 6.92 Å². The van der Waals surface area contributed by atoms with Crippen molar-refractivity contribution in [2.24, 2.45) is 0 Å². The van der Waals surface area contributed by atoms with E-state index < -0.39 is 12.3 Å². The van der Waals surface area contributed by atoms with Gasteiger partial charge in [0.25, 0.3) is 6.29 Å². The van der Waals surface area contributed by atoms with Gasteiger partial charge in [0.1, 0.15) is 12.4 Å². The second-order valence-electron chi connectivity index (χ2n) is 13.2. The first kappa shape index (κ1) is 55.0. The van der Waals surface area contributed by atoms with Crippen molar-refractivity contribution in [2.45, 2.75) is 71.5 Å². The van der Waals surface area contributed by atoms with E-state index in [2.05, 4.69) is 13.0 Å². The van der Waals surface area contributed by atoms with Gasteiger partial charge in [0.15, 0.2) is 0 Å². The Morgan fingerprint density at radius 2 is 0.814 bits per heavy atom. The first-order valence-corrected chi connectivity index (χ1v) is 21.6. The predicted octanol–water partition coefficient (Wildman–Crippen LogP) is 4.44. The standard InChI is InChI=1S/C43H78O16/c1-3-4-5-6-7-8-9-12-41-13-10-11-14-42(41)59-43(58-40(2)45)39-57-38-37-56-36-35-55-34-33-54-32-31-53-30-29-52-28-27-51-26-25-50-24-23-49-22-21-48-20-19-47-18-17-46-16-15-44/h10-11,13-14,43-44H,3-9,12,15-39H2,1-2H3. The molecule has 1 aromatic rings. The Hall–Kier alpha value is -2.03. The quantitative estimate of drug-likeness (QED) is 0.0555. The SMILES string of the molecule is CCCCCCCCCc1ccccc1OC(COCCOCCOCCOCCOCCOCCOCCOCCOCCOCCOCCOCCO)OC(C)=O. The van der Waals surface area contributed by atoms with Crippen LogP contribution in [0.2, 0.25) is 0 Å². The van der Waals surface area contributed by atoms with Gasteiger partial charge in [-0.05, 0) is 24.5 Å². The number of carbonyl (C=O) groups is 1. The number of hydrogen-bond donors (Lipinski definition) is 1. The van der Waals surface area contributed by atoms with Gasteiger partial charge < -0.3 is 71.4 Å². The molecule has 0 aromatic heterocycles. The van der Waals surface area contributed by atoms with Crippen molar-refractivity contribution in [3.8, 4) is 5.75 Å². The van der Waals surface area contributed by atoms with Crippen LogP contribution in [0.5, 0.6) is 5.75 Å². The van der Waals surface area contributed by atoms with Crippen LogP contribution in [-0.2, 0) is 72.8 Å². The molecule has 1 rings (SSSR count). The fourth-order valence-electron chi connectivity index (χ4n) is 5.18. The summed E-state index contributed by atoms with van der Waals surface area (Å²) in [4.78, 5) is 11.7. The highest BCUT2D eigenvalue weighted by Gasteiger charge is 2.16. The van der Waals surface area contributed by atoms with Crippen LogP contribution in [0.3, 0.4) is 0 Å². The molecule has 0 aliphatic rings. The fraction of sp³-hybridized carbons (Fsp3) is 0.837. The molecule has 1 N–H and O–H groups in total. The molecule has 0 bridgehead atoms. The van der Waals surface area contributed by atoms with E-state index >= 15 is 0 Å². The van der Waals surface area contributed by atoms with Crippen LogP contribution in [0.15, 0.2) is 24.3 Å². The summed E-state index contributed by atoms with van der Waals surface area (Å²) in [5.41, 5.74) is 1.11. The first-order chi connectivity index (χ1) is 29.2. The lowest BCUT2D eigenvalue weighted by molar-refractivity contribution is -0.169. The number of hydrogen-bond acceptors (Lipinski definition) is 16. The van der Waals surface area contributed by atoms with Crippen molar-refractivity contribution < 1.29 is 76.2 Å². The van der Waals surface area contributed by atoms with Crippen molar-refractivity contribution in [1.82, 2.24) is 0 Å². The van der Waals surface area contributed by atoms with E-state index in [0.717, 1.165) is 24.2 Å². The fourth-order valence-corrected chi connectivity index (χ4v) is 5.18. The van der Waals surface area contributed by atoms with E-state index in [0.29, 0.717) is 152 Å². The minimum Gasteiger partial charge on any atom is -0.452 e. The minimum atomic E-state index is -0.836. The van der Waals surface area contributed by atoms with Gasteiger partial charge in [0.05, 0.1) is 159 Å². The van der Waals surface area contributed by atoms with Crippen molar-refractivity contribution in [3.63, 3.8) is 0 Å². The maximum absolute atomic E-state index is 11.7. The van der Waals surface area contributed by atoms with E-state index in [-0.39, 0.29) is 13.2 Å². The predicted molar refractivity (Wildman–Crippen MR) is 221 cm³/mol. The molecule has 0 fully saturated rings. The zero-order valence-corrected chi connectivity index (χ0v) is 36.3. The number of benzene rings is 1. The Kier molecular flexibility index (Phi) is 42.4. The molecule has 0 heterocycles. The van der Waals surface area contributed by atoms with Gasteiger partial charge >= 0.3 is 5.97 Å². The molecule has 0 radical (unpaired) electrons. The smallest absolute Gasteiger partial charge is 0.305 e. The zero-order chi connectivity index (χ0) is 42.4. The minimum absolute atomic E-state index is 0.0195. The topological polar surface area (TPSA) is 167 Å². The molecule has 346 valence electrons. The lowest BCUT2D eigenvalue weighted by atomic mass is 10.0. The normalized spacial score (nSPS) is 12.0. The van der Waals surface area contributed by atoms with Gasteiger partial charge in [-0.3, -0.25) is 4.79 Å². The Morgan fingerprint density at radius 3 is 1.19 bits per heavy atom. The molecule has 0 aliphatic heterocycles. The van der Waals surface area contributed by atoms with Crippen LogP contribution in [0.1, 0.15) is 64.4 Å². The Bertz CT molecular complexity index is 1010. The summed E-state index contributed by atoms with van der Waals surface area (Å²) in [6.07, 6.45) is 8.80. The number of rotatable bonds is 48. The Balaban J connectivity index is 1.83. The molecule has 1 aromatic carbocycles. The molecular weight excluding hydrogens is 772 g/mol. The summed E-state index contributed by atoms with van der Waals surface area (Å²) in [6.45, 7) is 14.3. The summed E-state index contributed by atoms with van der Waals surface area (Å²) in [5, 5.41) is 8.60. The molecule has 1 unspecified atom stereocenters. The highest BCUT2D eigenvalue weighted by Crippen LogP contribution is 2.22.